The third-order valence-corrected chi connectivity index (χ3v) is 4.80. The average Bonchev–Trinajstić information content (AvgIpc) is 3.16. The van der Waals surface area contributed by atoms with Crippen molar-refractivity contribution in [2.45, 2.75) is 45.9 Å². The summed E-state index contributed by atoms with van der Waals surface area (Å²) in [4.78, 5) is 11.1. The van der Waals surface area contributed by atoms with Gasteiger partial charge in [0, 0.05) is 26.0 Å². The topological polar surface area (TPSA) is 72.0 Å². The second kappa shape index (κ2) is 7.44. The van der Waals surface area contributed by atoms with Crippen molar-refractivity contribution in [2.24, 2.45) is 18.9 Å². The predicted molar refractivity (Wildman–Crippen MR) is 91.0 cm³/mol. The van der Waals surface area contributed by atoms with Crippen molar-refractivity contribution in [1.29, 1.82) is 0 Å². The highest BCUT2D eigenvalue weighted by Gasteiger charge is 2.28. The highest BCUT2D eigenvalue weighted by Crippen LogP contribution is 2.30. The third-order valence-electron chi connectivity index (χ3n) is 4.80. The molecule has 132 valence electrons. The van der Waals surface area contributed by atoms with Crippen LogP contribution in [0.15, 0.2) is 18.7 Å². The molecule has 1 saturated heterocycles. The molecule has 0 unspecified atom stereocenters. The molecule has 1 aliphatic heterocycles. The van der Waals surface area contributed by atoms with Crippen LogP contribution in [-0.2, 0) is 20.1 Å². The summed E-state index contributed by atoms with van der Waals surface area (Å²) in [5.41, 5.74) is 0. The first kappa shape index (κ1) is 17.1. The maximum absolute atomic E-state index is 10.6. The summed E-state index contributed by atoms with van der Waals surface area (Å²) >= 11 is 0. The summed E-state index contributed by atoms with van der Waals surface area (Å²) in [6.45, 7) is 8.06. The van der Waals surface area contributed by atoms with Gasteiger partial charge in [-0.05, 0) is 37.8 Å². The van der Waals surface area contributed by atoms with Gasteiger partial charge < -0.3 is 9.67 Å². The zero-order chi connectivity index (χ0) is 17.1. The van der Waals surface area contributed by atoms with Gasteiger partial charge in [0.25, 0.3) is 0 Å². The molecule has 7 nitrogen and oxygen atoms in total. The van der Waals surface area contributed by atoms with Crippen molar-refractivity contribution >= 4 is 0 Å². The van der Waals surface area contributed by atoms with Crippen LogP contribution in [0.25, 0.3) is 0 Å². The molecule has 0 spiro atoms. The third kappa shape index (κ3) is 3.84. The maximum Gasteiger partial charge on any atom is 0.141 e. The number of nitrogens with zero attached hydrogens (tertiary/aromatic N) is 6. The Kier molecular flexibility index (Phi) is 5.30. The first-order valence-corrected chi connectivity index (χ1v) is 8.79. The fourth-order valence-corrected chi connectivity index (χ4v) is 3.41. The van der Waals surface area contributed by atoms with E-state index in [-0.39, 0.29) is 5.92 Å². The van der Waals surface area contributed by atoms with Crippen LogP contribution >= 0.6 is 0 Å². The number of aliphatic hydroxyl groups is 1. The van der Waals surface area contributed by atoms with Gasteiger partial charge in [0.15, 0.2) is 0 Å². The van der Waals surface area contributed by atoms with Crippen LogP contribution in [0.4, 0.5) is 0 Å². The molecule has 2 aromatic rings. The van der Waals surface area contributed by atoms with Crippen LogP contribution in [0.1, 0.15) is 44.4 Å². The molecule has 7 heteroatoms. The van der Waals surface area contributed by atoms with Gasteiger partial charge >= 0.3 is 0 Å². The lowest BCUT2D eigenvalue weighted by atomic mass is 9.90. The molecule has 0 amide bonds. The Morgan fingerprint density at radius 2 is 2.00 bits per heavy atom. The quantitative estimate of drug-likeness (QED) is 0.870. The van der Waals surface area contributed by atoms with Crippen molar-refractivity contribution in [3.05, 3.63) is 30.4 Å². The lowest BCUT2D eigenvalue weighted by Crippen LogP contribution is -2.36. The fourth-order valence-electron chi connectivity index (χ4n) is 3.41. The molecule has 0 saturated carbocycles. The van der Waals surface area contributed by atoms with Crippen LogP contribution in [0.5, 0.6) is 0 Å². The van der Waals surface area contributed by atoms with E-state index in [2.05, 4.69) is 33.8 Å². The van der Waals surface area contributed by atoms with Crippen LogP contribution < -0.4 is 0 Å². The molecule has 3 heterocycles. The maximum atomic E-state index is 10.6. The first-order chi connectivity index (χ1) is 11.5. The number of aryl methyl sites for hydroxylation is 1. The summed E-state index contributed by atoms with van der Waals surface area (Å²) in [6, 6.07) is 0. The highest BCUT2D eigenvalue weighted by atomic mass is 16.3. The van der Waals surface area contributed by atoms with Gasteiger partial charge in [0.1, 0.15) is 24.1 Å². The van der Waals surface area contributed by atoms with Crippen molar-refractivity contribution in [2.75, 3.05) is 13.1 Å². The van der Waals surface area contributed by atoms with Crippen molar-refractivity contribution in [3.8, 4) is 0 Å². The van der Waals surface area contributed by atoms with E-state index in [0.717, 1.165) is 50.7 Å². The largest absolute Gasteiger partial charge is 0.385 e. The normalized spacial score (nSPS) is 18.4. The number of aliphatic hydroxyl groups excluding tert-OH is 1. The van der Waals surface area contributed by atoms with E-state index in [1.807, 2.05) is 22.5 Å². The standard InChI is InChI=1S/C17H28N6O/c1-13(2)10-23-15(19-12-20-23)11-22-7-4-14(5-8-22)16(24)17-18-6-9-21(17)3/h6,9,12-14,16,24H,4-5,7-8,10-11H2,1-3H3/t16-/m1/s1. The molecule has 0 radical (unpaired) electrons. The van der Waals surface area contributed by atoms with Gasteiger partial charge in [0.05, 0.1) is 6.54 Å². The number of likely N-dealkylation sites (tertiary alicyclic amines) is 1. The Morgan fingerprint density at radius 3 is 2.62 bits per heavy atom. The van der Waals surface area contributed by atoms with Crippen molar-refractivity contribution in [3.63, 3.8) is 0 Å². The number of hydrogen-bond acceptors (Lipinski definition) is 5. The number of aromatic nitrogens is 5. The zero-order valence-corrected chi connectivity index (χ0v) is 14.8. The Balaban J connectivity index is 1.54. The van der Waals surface area contributed by atoms with Gasteiger partial charge in [-0.2, -0.15) is 5.10 Å². The molecular weight excluding hydrogens is 304 g/mol. The molecule has 0 bridgehead atoms. The number of hydrogen-bond donors (Lipinski definition) is 1. The average molecular weight is 332 g/mol. The minimum Gasteiger partial charge on any atom is -0.385 e. The predicted octanol–water partition coefficient (Wildman–Crippen LogP) is 1.61. The Labute approximate surface area is 143 Å². The number of rotatable bonds is 6. The van der Waals surface area contributed by atoms with E-state index in [4.69, 9.17) is 0 Å². The van der Waals surface area contributed by atoms with Crippen LogP contribution in [0.2, 0.25) is 0 Å². The Morgan fingerprint density at radius 1 is 1.25 bits per heavy atom. The van der Waals surface area contributed by atoms with Crippen LogP contribution in [-0.4, -0.2) is 47.4 Å². The Hall–Kier alpha value is -1.73. The summed E-state index contributed by atoms with van der Waals surface area (Å²) in [6.07, 6.45) is 6.76. The van der Waals surface area contributed by atoms with E-state index >= 15 is 0 Å². The van der Waals surface area contributed by atoms with Crippen molar-refractivity contribution in [1.82, 2.24) is 29.2 Å². The van der Waals surface area contributed by atoms with Crippen LogP contribution in [0, 0.1) is 11.8 Å². The van der Waals surface area contributed by atoms with Gasteiger partial charge in [-0.1, -0.05) is 13.8 Å². The van der Waals surface area contributed by atoms with Crippen LogP contribution in [0.3, 0.4) is 0 Å². The summed E-state index contributed by atoms with van der Waals surface area (Å²) in [5.74, 6) is 2.64. The fraction of sp³-hybridized carbons (Fsp3) is 0.706. The monoisotopic (exact) mass is 332 g/mol. The molecule has 1 aliphatic rings. The SMILES string of the molecule is CC(C)Cn1ncnc1CN1CCC([C@@H](O)c2nccn2C)CC1. The first-order valence-electron chi connectivity index (χ1n) is 8.79. The molecule has 1 N–H and O–H groups in total. The van der Waals surface area contributed by atoms with Gasteiger partial charge in [-0.15, -0.1) is 0 Å². The van der Waals surface area contributed by atoms with Gasteiger partial charge in [-0.25, -0.2) is 14.6 Å². The second-order valence-corrected chi connectivity index (χ2v) is 7.21. The molecule has 3 rings (SSSR count). The molecule has 1 atom stereocenters. The number of imidazole rings is 1. The van der Waals surface area contributed by atoms with Crippen molar-refractivity contribution < 1.29 is 5.11 Å². The molecular formula is C17H28N6O. The minimum atomic E-state index is -0.475. The van der Waals surface area contributed by atoms with E-state index in [1.165, 1.54) is 0 Å². The lowest BCUT2D eigenvalue weighted by Gasteiger charge is -2.33. The molecule has 0 aliphatic carbocycles. The van der Waals surface area contributed by atoms with Gasteiger partial charge in [0.2, 0.25) is 0 Å². The molecule has 1 fully saturated rings. The summed E-state index contributed by atoms with van der Waals surface area (Å²) < 4.78 is 3.92. The second-order valence-electron chi connectivity index (χ2n) is 7.21. The van der Waals surface area contributed by atoms with Gasteiger partial charge in [-0.3, -0.25) is 4.90 Å². The van der Waals surface area contributed by atoms with E-state index in [9.17, 15) is 5.11 Å². The number of piperidine rings is 1. The summed E-state index contributed by atoms with van der Waals surface area (Å²) in [7, 11) is 1.93. The van der Waals surface area contributed by atoms with E-state index in [1.54, 1.807) is 12.5 Å². The highest BCUT2D eigenvalue weighted by molar-refractivity contribution is 4.99. The van der Waals surface area contributed by atoms with E-state index < -0.39 is 6.10 Å². The Bertz CT molecular complexity index is 641. The lowest BCUT2D eigenvalue weighted by molar-refractivity contribution is 0.0481. The molecule has 2 aromatic heterocycles. The summed E-state index contributed by atoms with van der Waals surface area (Å²) in [5, 5.41) is 14.9. The smallest absolute Gasteiger partial charge is 0.141 e. The molecule has 24 heavy (non-hydrogen) atoms. The van der Waals surface area contributed by atoms with E-state index in [0.29, 0.717) is 5.92 Å². The zero-order valence-electron chi connectivity index (χ0n) is 14.8. The molecule has 0 aromatic carbocycles. The minimum absolute atomic E-state index is 0.274.